The predicted octanol–water partition coefficient (Wildman–Crippen LogP) is 5.90. The molecule has 1 aliphatic carbocycles. The summed E-state index contributed by atoms with van der Waals surface area (Å²) in [6.45, 7) is 0.631. The van der Waals surface area contributed by atoms with Crippen molar-refractivity contribution in [1.29, 1.82) is 0 Å². The molecule has 7 nitrogen and oxygen atoms in total. The van der Waals surface area contributed by atoms with Gasteiger partial charge in [0.15, 0.2) is 12.4 Å². The Bertz CT molecular complexity index is 1230. The average Bonchev–Trinajstić information content (AvgIpc) is 3.33. The number of rotatable bonds is 7. The summed E-state index contributed by atoms with van der Waals surface area (Å²) < 4.78 is 23.3. The summed E-state index contributed by atoms with van der Waals surface area (Å²) in [5.41, 5.74) is 3.07. The molecule has 0 atom stereocenters. The van der Waals surface area contributed by atoms with Crippen LogP contribution in [0.15, 0.2) is 100 Å². The standard InChI is InChI=1S/C26H23N3O4/c1-2-7-19(8-3-1)13-21-17-30-18-25(32-21)29-26-28-15-24(33-26)22-10-4-5-11-23(22)31-16-20-9-6-12-27-14-20/h1-2,4-7,9-12,14-15,17H,3,8,13,16,18H2. The fraction of sp³-hybridized carbons (Fsp3) is 0.192. The molecule has 5 rings (SSSR count). The van der Waals surface area contributed by atoms with E-state index in [1.807, 2.05) is 36.4 Å². The van der Waals surface area contributed by atoms with E-state index in [2.05, 4.69) is 33.2 Å². The lowest BCUT2D eigenvalue weighted by Crippen LogP contribution is -2.16. The van der Waals surface area contributed by atoms with E-state index < -0.39 is 0 Å². The molecule has 1 aliphatic heterocycles. The molecule has 1 aromatic carbocycles. The van der Waals surface area contributed by atoms with Crippen LogP contribution in [0.25, 0.3) is 11.3 Å². The number of aromatic nitrogens is 2. The van der Waals surface area contributed by atoms with Gasteiger partial charge in [0.1, 0.15) is 24.4 Å². The Morgan fingerprint density at radius 1 is 1.09 bits per heavy atom. The first-order valence-corrected chi connectivity index (χ1v) is 10.8. The maximum atomic E-state index is 6.00. The quantitative estimate of drug-likeness (QED) is 0.454. The van der Waals surface area contributed by atoms with Crippen LogP contribution in [0.2, 0.25) is 0 Å². The number of pyridine rings is 1. The number of allylic oxidation sites excluding steroid dienone is 4. The Balaban J connectivity index is 1.28. The van der Waals surface area contributed by atoms with Crippen LogP contribution < -0.4 is 4.74 Å². The van der Waals surface area contributed by atoms with Crippen LogP contribution in [-0.4, -0.2) is 22.5 Å². The van der Waals surface area contributed by atoms with Crippen molar-refractivity contribution in [3.63, 3.8) is 0 Å². The number of oxazole rings is 1. The fourth-order valence-corrected chi connectivity index (χ4v) is 3.56. The molecular formula is C26H23N3O4. The highest BCUT2D eigenvalue weighted by Gasteiger charge is 2.17. The topological polar surface area (TPSA) is 79.0 Å². The largest absolute Gasteiger partial charge is 0.488 e. The summed E-state index contributed by atoms with van der Waals surface area (Å²) in [7, 11) is 0. The van der Waals surface area contributed by atoms with E-state index in [1.54, 1.807) is 24.9 Å². The minimum absolute atomic E-state index is 0.201. The van der Waals surface area contributed by atoms with E-state index in [4.69, 9.17) is 18.6 Å². The van der Waals surface area contributed by atoms with Crippen LogP contribution in [0.1, 0.15) is 24.8 Å². The van der Waals surface area contributed by atoms with Crippen molar-refractivity contribution in [1.82, 2.24) is 9.97 Å². The zero-order valence-electron chi connectivity index (χ0n) is 18.0. The fourth-order valence-electron chi connectivity index (χ4n) is 3.56. The molecule has 3 heterocycles. The van der Waals surface area contributed by atoms with Crippen LogP contribution in [0.4, 0.5) is 6.01 Å². The maximum Gasteiger partial charge on any atom is 0.325 e. The molecule has 0 bridgehead atoms. The van der Waals surface area contributed by atoms with E-state index >= 15 is 0 Å². The molecule has 0 amide bonds. The smallest absolute Gasteiger partial charge is 0.325 e. The van der Waals surface area contributed by atoms with Gasteiger partial charge in [-0.15, -0.1) is 0 Å². The second kappa shape index (κ2) is 9.99. The molecule has 3 aromatic rings. The van der Waals surface area contributed by atoms with Gasteiger partial charge in [-0.05, 0) is 31.0 Å². The van der Waals surface area contributed by atoms with Crippen molar-refractivity contribution in [2.24, 2.45) is 4.99 Å². The van der Waals surface area contributed by atoms with Crippen LogP contribution in [-0.2, 0) is 16.1 Å². The van der Waals surface area contributed by atoms with Crippen molar-refractivity contribution >= 4 is 11.9 Å². The third-order valence-corrected chi connectivity index (χ3v) is 5.16. The van der Waals surface area contributed by atoms with Gasteiger partial charge in [-0.2, -0.15) is 9.98 Å². The minimum Gasteiger partial charge on any atom is -0.488 e. The van der Waals surface area contributed by atoms with Crippen molar-refractivity contribution in [2.45, 2.75) is 25.9 Å². The summed E-state index contributed by atoms with van der Waals surface area (Å²) in [6.07, 6.45) is 15.9. The van der Waals surface area contributed by atoms with Crippen LogP contribution in [0.5, 0.6) is 5.75 Å². The van der Waals surface area contributed by atoms with E-state index in [-0.39, 0.29) is 12.6 Å². The van der Waals surface area contributed by atoms with Gasteiger partial charge >= 0.3 is 6.01 Å². The first-order valence-electron chi connectivity index (χ1n) is 10.8. The highest BCUT2D eigenvalue weighted by molar-refractivity contribution is 5.81. The Labute approximate surface area is 191 Å². The lowest BCUT2D eigenvalue weighted by molar-refractivity contribution is 0.211. The lowest BCUT2D eigenvalue weighted by atomic mass is 10.0. The molecule has 0 saturated heterocycles. The van der Waals surface area contributed by atoms with Crippen LogP contribution in [0.3, 0.4) is 0 Å². The zero-order valence-corrected chi connectivity index (χ0v) is 18.0. The molecule has 33 heavy (non-hydrogen) atoms. The third kappa shape index (κ3) is 5.38. The Morgan fingerprint density at radius 3 is 2.94 bits per heavy atom. The van der Waals surface area contributed by atoms with Crippen molar-refractivity contribution in [3.05, 3.63) is 96.4 Å². The summed E-state index contributed by atoms with van der Waals surface area (Å²) in [5.74, 6) is 2.38. The van der Waals surface area contributed by atoms with Gasteiger partial charge < -0.3 is 18.6 Å². The molecule has 7 heteroatoms. The van der Waals surface area contributed by atoms with Crippen LogP contribution >= 0.6 is 0 Å². The maximum absolute atomic E-state index is 6.00. The van der Waals surface area contributed by atoms with Crippen LogP contribution in [0, 0.1) is 0 Å². The van der Waals surface area contributed by atoms with Crippen molar-refractivity contribution in [2.75, 3.05) is 6.61 Å². The summed E-state index contributed by atoms with van der Waals surface area (Å²) in [4.78, 5) is 12.8. The highest BCUT2D eigenvalue weighted by Crippen LogP contribution is 2.33. The van der Waals surface area contributed by atoms with E-state index in [0.717, 1.165) is 29.7 Å². The molecule has 166 valence electrons. The SMILES string of the molecule is C1=CCCC(CC2=COCC(=Nc3ncc(-c4ccccc4OCc4cccnc4)o3)O2)=C1. The first-order chi connectivity index (χ1) is 16.3. The molecule has 0 saturated carbocycles. The Kier molecular flexibility index (Phi) is 6.29. The van der Waals surface area contributed by atoms with E-state index in [9.17, 15) is 0 Å². The normalized spacial score (nSPS) is 16.5. The number of benzene rings is 1. The Hall–Kier alpha value is -4.13. The zero-order chi connectivity index (χ0) is 22.3. The van der Waals surface area contributed by atoms with Gasteiger partial charge in [0.05, 0.1) is 11.8 Å². The predicted molar refractivity (Wildman–Crippen MR) is 124 cm³/mol. The molecule has 2 aliphatic rings. The molecule has 0 spiro atoms. The number of aliphatic imine (C=N–C) groups is 1. The van der Waals surface area contributed by atoms with Gasteiger partial charge in [0.25, 0.3) is 0 Å². The van der Waals surface area contributed by atoms with E-state index in [0.29, 0.717) is 30.4 Å². The summed E-state index contributed by atoms with van der Waals surface area (Å²) in [5, 5.41) is 0. The van der Waals surface area contributed by atoms with E-state index in [1.165, 1.54) is 5.57 Å². The second-order valence-electron chi connectivity index (χ2n) is 7.62. The monoisotopic (exact) mass is 441 g/mol. The van der Waals surface area contributed by atoms with Gasteiger partial charge in [-0.1, -0.05) is 42.0 Å². The second-order valence-corrected chi connectivity index (χ2v) is 7.62. The number of nitrogens with zero attached hydrogens (tertiary/aromatic N) is 3. The Morgan fingerprint density at radius 2 is 2.06 bits per heavy atom. The minimum atomic E-state index is 0.201. The van der Waals surface area contributed by atoms with Gasteiger partial charge in [0.2, 0.25) is 5.90 Å². The van der Waals surface area contributed by atoms with Crippen molar-refractivity contribution < 1.29 is 18.6 Å². The van der Waals surface area contributed by atoms with Gasteiger partial charge in [-0.3, -0.25) is 4.98 Å². The third-order valence-electron chi connectivity index (χ3n) is 5.16. The molecular weight excluding hydrogens is 418 g/mol. The molecule has 0 fully saturated rings. The molecule has 0 radical (unpaired) electrons. The number of para-hydroxylation sites is 1. The van der Waals surface area contributed by atoms with Gasteiger partial charge in [-0.25, -0.2) is 0 Å². The summed E-state index contributed by atoms with van der Waals surface area (Å²) in [6, 6.07) is 11.7. The summed E-state index contributed by atoms with van der Waals surface area (Å²) >= 11 is 0. The molecule has 2 aromatic heterocycles. The molecule has 0 N–H and O–H groups in total. The average molecular weight is 441 g/mol. The lowest BCUT2D eigenvalue weighted by Gasteiger charge is -2.18. The van der Waals surface area contributed by atoms with Crippen molar-refractivity contribution in [3.8, 4) is 17.1 Å². The molecule has 0 unspecified atom stereocenters. The van der Waals surface area contributed by atoms with Gasteiger partial charge in [0, 0.05) is 24.4 Å². The number of hydrogen-bond acceptors (Lipinski definition) is 7. The number of ether oxygens (including phenoxy) is 3. The first kappa shape index (κ1) is 20.8. The highest BCUT2D eigenvalue weighted by atomic mass is 16.6. The number of hydrogen-bond donors (Lipinski definition) is 0.